The summed E-state index contributed by atoms with van der Waals surface area (Å²) in [4.78, 5) is 29.0. The van der Waals surface area contributed by atoms with E-state index in [-0.39, 0.29) is 23.9 Å². The van der Waals surface area contributed by atoms with E-state index in [1.54, 1.807) is 9.80 Å². The van der Waals surface area contributed by atoms with Crippen LogP contribution in [0.3, 0.4) is 0 Å². The number of rotatable bonds is 5. The highest BCUT2D eigenvalue weighted by molar-refractivity contribution is 6.01. The van der Waals surface area contributed by atoms with Crippen LogP contribution in [-0.2, 0) is 9.59 Å². The lowest BCUT2D eigenvalue weighted by Crippen LogP contribution is -2.46. The van der Waals surface area contributed by atoms with E-state index in [1.165, 1.54) is 0 Å². The zero-order valence-electron chi connectivity index (χ0n) is 13.7. The van der Waals surface area contributed by atoms with E-state index in [1.807, 2.05) is 37.3 Å². The van der Waals surface area contributed by atoms with Crippen molar-refractivity contribution in [3.05, 3.63) is 30.3 Å². The summed E-state index contributed by atoms with van der Waals surface area (Å²) in [5.74, 6) is 0.144. The van der Waals surface area contributed by atoms with Crippen molar-refractivity contribution in [2.24, 2.45) is 0 Å². The molecule has 0 bridgehead atoms. The number of likely N-dealkylation sites (N-methyl/N-ethyl adjacent to an activating group) is 1. The number of para-hydroxylation sites is 1. The molecule has 2 fully saturated rings. The van der Waals surface area contributed by atoms with Gasteiger partial charge in [0.15, 0.2) is 0 Å². The van der Waals surface area contributed by atoms with E-state index >= 15 is 0 Å². The predicted octanol–water partition coefficient (Wildman–Crippen LogP) is 1.78. The molecule has 5 heteroatoms. The van der Waals surface area contributed by atoms with Gasteiger partial charge in [-0.1, -0.05) is 18.2 Å². The van der Waals surface area contributed by atoms with Gasteiger partial charge in [-0.05, 0) is 44.9 Å². The van der Waals surface area contributed by atoms with Gasteiger partial charge in [-0.25, -0.2) is 0 Å². The molecule has 2 heterocycles. The van der Waals surface area contributed by atoms with Crippen molar-refractivity contribution in [2.75, 3.05) is 24.5 Å². The Kier molecular flexibility index (Phi) is 4.96. The lowest BCUT2D eigenvalue weighted by Gasteiger charge is -2.28. The highest BCUT2D eigenvalue weighted by atomic mass is 16.2. The molecule has 1 aromatic rings. The molecule has 2 aliphatic heterocycles. The van der Waals surface area contributed by atoms with Crippen molar-refractivity contribution >= 4 is 17.5 Å². The number of nitrogens with zero attached hydrogens (tertiary/aromatic N) is 2. The number of hydrogen-bond donors (Lipinski definition) is 1. The second-order valence-corrected chi connectivity index (χ2v) is 6.31. The quantitative estimate of drug-likeness (QED) is 0.901. The van der Waals surface area contributed by atoms with Crippen LogP contribution in [0.5, 0.6) is 0 Å². The molecular weight excluding hydrogens is 290 g/mol. The summed E-state index contributed by atoms with van der Waals surface area (Å²) < 4.78 is 0. The third-order valence-corrected chi connectivity index (χ3v) is 4.87. The molecule has 0 aliphatic carbocycles. The highest BCUT2D eigenvalue weighted by Gasteiger charge is 2.38. The van der Waals surface area contributed by atoms with Gasteiger partial charge in [-0.3, -0.25) is 9.59 Å². The van der Waals surface area contributed by atoms with Crippen molar-refractivity contribution < 1.29 is 9.59 Å². The van der Waals surface area contributed by atoms with E-state index < -0.39 is 0 Å². The number of nitrogens with one attached hydrogen (secondary N) is 1. The summed E-state index contributed by atoms with van der Waals surface area (Å²) >= 11 is 0. The Morgan fingerprint density at radius 3 is 2.74 bits per heavy atom. The molecule has 5 nitrogen and oxygen atoms in total. The minimum atomic E-state index is -0.311. The number of anilines is 1. The van der Waals surface area contributed by atoms with Gasteiger partial charge >= 0.3 is 0 Å². The minimum Gasteiger partial charge on any atom is -0.331 e. The van der Waals surface area contributed by atoms with Crippen molar-refractivity contribution in [3.63, 3.8) is 0 Å². The maximum Gasteiger partial charge on any atom is 0.249 e. The van der Waals surface area contributed by atoms with Crippen LogP contribution in [0.15, 0.2) is 30.3 Å². The fourth-order valence-corrected chi connectivity index (χ4v) is 3.65. The molecule has 2 unspecified atom stereocenters. The Morgan fingerprint density at radius 1 is 1.30 bits per heavy atom. The molecule has 124 valence electrons. The molecule has 2 saturated heterocycles. The Balaban J connectivity index is 1.67. The van der Waals surface area contributed by atoms with Crippen molar-refractivity contribution in [1.29, 1.82) is 0 Å². The van der Waals surface area contributed by atoms with Crippen LogP contribution in [0.2, 0.25) is 0 Å². The van der Waals surface area contributed by atoms with Crippen molar-refractivity contribution in [3.8, 4) is 0 Å². The van der Waals surface area contributed by atoms with Crippen LogP contribution in [-0.4, -0.2) is 48.4 Å². The summed E-state index contributed by atoms with van der Waals surface area (Å²) in [5.41, 5.74) is 0.918. The molecule has 0 aromatic heterocycles. The normalized spacial score (nSPS) is 24.2. The second-order valence-electron chi connectivity index (χ2n) is 6.31. The number of carbonyl (C=O) groups is 2. The minimum absolute atomic E-state index is 0.0470. The fourth-order valence-electron chi connectivity index (χ4n) is 3.65. The van der Waals surface area contributed by atoms with Gasteiger partial charge < -0.3 is 15.1 Å². The summed E-state index contributed by atoms with van der Waals surface area (Å²) in [6, 6.07) is 9.67. The van der Waals surface area contributed by atoms with E-state index in [0.717, 1.165) is 25.1 Å². The van der Waals surface area contributed by atoms with Crippen LogP contribution in [0.25, 0.3) is 0 Å². The Bertz CT molecular complexity index is 555. The van der Waals surface area contributed by atoms with E-state index in [4.69, 9.17) is 0 Å². The maximum atomic E-state index is 12.8. The van der Waals surface area contributed by atoms with Crippen LogP contribution < -0.4 is 10.2 Å². The monoisotopic (exact) mass is 315 g/mol. The first kappa shape index (κ1) is 16.0. The largest absolute Gasteiger partial charge is 0.331 e. The summed E-state index contributed by atoms with van der Waals surface area (Å²) in [7, 11) is 0. The van der Waals surface area contributed by atoms with Crippen LogP contribution in [0.1, 0.15) is 32.6 Å². The number of hydrogen-bond acceptors (Lipinski definition) is 3. The molecule has 2 atom stereocenters. The zero-order chi connectivity index (χ0) is 16.2. The number of benzene rings is 1. The summed E-state index contributed by atoms with van der Waals surface area (Å²) in [5, 5.41) is 3.36. The maximum absolute atomic E-state index is 12.8. The van der Waals surface area contributed by atoms with Crippen molar-refractivity contribution in [2.45, 2.75) is 44.7 Å². The number of carbonyl (C=O) groups excluding carboxylic acids is 2. The molecule has 2 amide bonds. The number of amides is 2. The third-order valence-electron chi connectivity index (χ3n) is 4.87. The Labute approximate surface area is 137 Å². The fraction of sp³-hybridized carbons (Fsp3) is 0.556. The van der Waals surface area contributed by atoms with Crippen molar-refractivity contribution in [1.82, 2.24) is 10.2 Å². The van der Waals surface area contributed by atoms with Gasteiger partial charge in [-0.15, -0.1) is 0 Å². The van der Waals surface area contributed by atoms with E-state index in [9.17, 15) is 9.59 Å². The zero-order valence-corrected chi connectivity index (χ0v) is 13.7. The lowest BCUT2D eigenvalue weighted by atomic mass is 10.1. The van der Waals surface area contributed by atoms with Gasteiger partial charge in [0.05, 0.1) is 0 Å². The predicted molar refractivity (Wildman–Crippen MR) is 90.2 cm³/mol. The molecule has 0 spiro atoms. The first-order valence-electron chi connectivity index (χ1n) is 8.60. The Morgan fingerprint density at radius 2 is 2.09 bits per heavy atom. The van der Waals surface area contributed by atoms with Gasteiger partial charge in [0.2, 0.25) is 11.8 Å². The molecule has 23 heavy (non-hydrogen) atoms. The summed E-state index contributed by atoms with van der Waals surface area (Å²) in [6.45, 7) is 4.22. The Hall–Kier alpha value is -1.88. The molecular formula is C18H25N3O2. The molecule has 0 radical (unpaired) electrons. The first-order valence-corrected chi connectivity index (χ1v) is 8.60. The van der Waals surface area contributed by atoms with Gasteiger partial charge in [0.25, 0.3) is 0 Å². The smallest absolute Gasteiger partial charge is 0.249 e. The third kappa shape index (κ3) is 3.39. The van der Waals surface area contributed by atoms with Crippen LogP contribution in [0.4, 0.5) is 5.69 Å². The lowest BCUT2D eigenvalue weighted by molar-refractivity contribution is -0.138. The second kappa shape index (κ2) is 7.13. The molecule has 3 rings (SSSR count). The van der Waals surface area contributed by atoms with Gasteiger partial charge in [0, 0.05) is 31.2 Å². The topological polar surface area (TPSA) is 52.7 Å². The molecule has 2 aliphatic rings. The van der Waals surface area contributed by atoms with E-state index in [0.29, 0.717) is 25.9 Å². The average molecular weight is 315 g/mol. The van der Waals surface area contributed by atoms with Gasteiger partial charge in [0.1, 0.15) is 6.04 Å². The standard InChI is InChI=1S/C18H25N3O2/c1-2-20(17(22)13-14-7-6-11-19-14)16-10-12-21(18(16)23)15-8-4-3-5-9-15/h3-5,8-9,14,16,19H,2,6-7,10-13H2,1H3. The van der Waals surface area contributed by atoms with Crippen LogP contribution in [0, 0.1) is 0 Å². The SMILES string of the molecule is CCN(C(=O)CC1CCCN1)C1CCN(c2ccccc2)C1=O. The summed E-state index contributed by atoms with van der Waals surface area (Å²) in [6.07, 6.45) is 3.40. The van der Waals surface area contributed by atoms with E-state index in [2.05, 4.69) is 5.32 Å². The first-order chi connectivity index (χ1) is 11.2. The average Bonchev–Trinajstić information content (AvgIpc) is 3.20. The van der Waals surface area contributed by atoms with Gasteiger partial charge in [-0.2, -0.15) is 0 Å². The van der Waals surface area contributed by atoms with Crippen LogP contribution >= 0.6 is 0 Å². The molecule has 1 aromatic carbocycles. The molecule has 1 N–H and O–H groups in total. The molecule has 0 saturated carbocycles. The highest BCUT2D eigenvalue weighted by Crippen LogP contribution is 2.25.